The molecule has 7 heteroatoms. The smallest absolute Gasteiger partial charge is 0.336 e. The largest absolute Gasteiger partial charge is 0.497 e. The molecular formula is C22H17NO5S. The normalized spacial score (nSPS) is 11.4. The Morgan fingerprint density at radius 2 is 1.72 bits per heavy atom. The number of allylic oxidation sites excluding steroid dienone is 2. The highest BCUT2D eigenvalue weighted by molar-refractivity contribution is 7.11. The molecule has 0 bridgehead atoms. The summed E-state index contributed by atoms with van der Waals surface area (Å²) in [5, 5.41) is 12.6. The fourth-order valence-corrected chi connectivity index (χ4v) is 3.31. The van der Waals surface area contributed by atoms with Gasteiger partial charge < -0.3 is 9.47 Å². The summed E-state index contributed by atoms with van der Waals surface area (Å²) in [6.07, 6.45) is 4.76. The van der Waals surface area contributed by atoms with Crippen LogP contribution in [0.4, 0.5) is 5.69 Å². The summed E-state index contributed by atoms with van der Waals surface area (Å²) < 4.78 is 10.4. The Hall–Kier alpha value is -3.71. The number of non-ortho nitro benzene ring substituents is 1. The van der Waals surface area contributed by atoms with E-state index in [-0.39, 0.29) is 11.4 Å². The van der Waals surface area contributed by atoms with Gasteiger partial charge in [0.1, 0.15) is 11.5 Å². The average molecular weight is 407 g/mol. The van der Waals surface area contributed by atoms with Gasteiger partial charge in [-0.2, -0.15) is 0 Å². The first-order valence-corrected chi connectivity index (χ1v) is 9.48. The van der Waals surface area contributed by atoms with Crippen molar-refractivity contribution in [1.29, 1.82) is 0 Å². The number of nitro groups is 1. The Bertz CT molecular complexity index is 1040. The van der Waals surface area contributed by atoms with Gasteiger partial charge in [0.05, 0.1) is 12.0 Å². The highest BCUT2D eigenvalue weighted by Crippen LogP contribution is 2.28. The number of hydrogen-bond donors (Lipinski definition) is 0. The summed E-state index contributed by atoms with van der Waals surface area (Å²) in [6.45, 7) is 0. The minimum Gasteiger partial charge on any atom is -0.497 e. The van der Waals surface area contributed by atoms with Gasteiger partial charge in [-0.25, -0.2) is 4.79 Å². The number of esters is 1. The van der Waals surface area contributed by atoms with Gasteiger partial charge in [0.2, 0.25) is 0 Å². The summed E-state index contributed by atoms with van der Waals surface area (Å²) in [5.41, 5.74) is 1.88. The molecule has 6 nitrogen and oxygen atoms in total. The summed E-state index contributed by atoms with van der Waals surface area (Å²) in [5.74, 6) is 0.430. The molecule has 0 unspecified atom stereocenters. The molecule has 0 aliphatic rings. The van der Waals surface area contributed by atoms with Gasteiger partial charge in [-0.1, -0.05) is 30.4 Å². The molecule has 1 heterocycles. The lowest BCUT2D eigenvalue weighted by molar-refractivity contribution is -0.384. The standard InChI is InChI=1S/C22H17NO5S/c1-27-18-11-7-16(8-12-18)20(21-5-3-15-29-21)4-2-6-22(24)28-19-13-9-17(10-14-19)23(25)26/h2-15H,1H3/b6-2+,20-4-. The van der Waals surface area contributed by atoms with Crippen LogP contribution < -0.4 is 9.47 Å². The van der Waals surface area contributed by atoms with Crippen LogP contribution in [0.15, 0.2) is 84.3 Å². The molecule has 0 aliphatic carbocycles. The van der Waals surface area contributed by atoms with Crippen molar-refractivity contribution in [2.24, 2.45) is 0 Å². The third-order valence-corrected chi connectivity index (χ3v) is 4.85. The van der Waals surface area contributed by atoms with Crippen LogP contribution in [0.2, 0.25) is 0 Å². The monoisotopic (exact) mass is 407 g/mol. The molecule has 1 aromatic heterocycles. The van der Waals surface area contributed by atoms with E-state index in [1.165, 1.54) is 30.3 Å². The Morgan fingerprint density at radius 3 is 2.31 bits per heavy atom. The van der Waals surface area contributed by atoms with Crippen molar-refractivity contribution in [3.63, 3.8) is 0 Å². The van der Waals surface area contributed by atoms with Gasteiger partial charge in [0.25, 0.3) is 5.69 Å². The Balaban J connectivity index is 1.74. The molecule has 0 aliphatic heterocycles. The van der Waals surface area contributed by atoms with Gasteiger partial charge in [0.15, 0.2) is 0 Å². The number of hydrogen-bond acceptors (Lipinski definition) is 6. The third-order valence-electron chi connectivity index (χ3n) is 3.95. The van der Waals surface area contributed by atoms with Gasteiger partial charge in [-0.15, -0.1) is 11.3 Å². The number of carbonyl (C=O) groups excluding carboxylic acids is 1. The topological polar surface area (TPSA) is 78.7 Å². The maximum Gasteiger partial charge on any atom is 0.336 e. The minimum atomic E-state index is -0.574. The van der Waals surface area contributed by atoms with Crippen LogP contribution in [0.1, 0.15) is 10.4 Å². The predicted molar refractivity (Wildman–Crippen MR) is 112 cm³/mol. The third kappa shape index (κ3) is 5.40. The van der Waals surface area contributed by atoms with E-state index in [1.807, 2.05) is 47.9 Å². The predicted octanol–water partition coefficient (Wildman–Crippen LogP) is 5.26. The van der Waals surface area contributed by atoms with Crippen LogP contribution in [-0.2, 0) is 4.79 Å². The van der Waals surface area contributed by atoms with Crippen LogP contribution in [-0.4, -0.2) is 18.0 Å². The summed E-state index contributed by atoms with van der Waals surface area (Å²) in [6, 6.07) is 17.0. The number of ether oxygens (including phenoxy) is 2. The van der Waals surface area contributed by atoms with Gasteiger partial charge in [-0.3, -0.25) is 10.1 Å². The van der Waals surface area contributed by atoms with E-state index < -0.39 is 10.9 Å². The van der Waals surface area contributed by atoms with Gasteiger partial charge >= 0.3 is 5.97 Å². The Kier molecular flexibility index (Phi) is 6.55. The zero-order chi connectivity index (χ0) is 20.6. The molecule has 0 atom stereocenters. The highest BCUT2D eigenvalue weighted by Gasteiger charge is 2.08. The van der Waals surface area contributed by atoms with Crippen LogP contribution in [0.5, 0.6) is 11.5 Å². The SMILES string of the molecule is COc1ccc(/C(=C/C=C/C(=O)Oc2ccc([N+](=O)[O-])cc2)c2cccs2)cc1. The zero-order valence-electron chi connectivity index (χ0n) is 15.5. The van der Waals surface area contributed by atoms with Crippen molar-refractivity contribution in [3.05, 3.63) is 105 Å². The van der Waals surface area contributed by atoms with E-state index in [9.17, 15) is 14.9 Å². The molecule has 29 heavy (non-hydrogen) atoms. The van der Waals surface area contributed by atoms with Gasteiger partial charge in [-0.05, 0) is 46.8 Å². The summed E-state index contributed by atoms with van der Waals surface area (Å²) in [7, 11) is 1.62. The molecule has 0 fully saturated rings. The first kappa shape index (κ1) is 20.0. The van der Waals surface area contributed by atoms with Crippen molar-refractivity contribution in [1.82, 2.24) is 0 Å². The van der Waals surface area contributed by atoms with E-state index in [4.69, 9.17) is 9.47 Å². The van der Waals surface area contributed by atoms with Crippen LogP contribution >= 0.6 is 11.3 Å². The van der Waals surface area contributed by atoms with Crippen molar-refractivity contribution < 1.29 is 19.2 Å². The summed E-state index contributed by atoms with van der Waals surface area (Å²) >= 11 is 1.60. The zero-order valence-corrected chi connectivity index (χ0v) is 16.3. The second-order valence-electron chi connectivity index (χ2n) is 5.82. The fraction of sp³-hybridized carbons (Fsp3) is 0.0455. The van der Waals surface area contributed by atoms with Crippen molar-refractivity contribution in [2.75, 3.05) is 7.11 Å². The maximum absolute atomic E-state index is 12.0. The van der Waals surface area contributed by atoms with E-state index in [1.54, 1.807) is 24.5 Å². The second kappa shape index (κ2) is 9.48. The summed E-state index contributed by atoms with van der Waals surface area (Å²) in [4.78, 5) is 23.2. The number of thiophene rings is 1. The van der Waals surface area contributed by atoms with Crippen molar-refractivity contribution in [3.8, 4) is 11.5 Å². The number of carbonyl (C=O) groups is 1. The number of nitro benzene ring substituents is 1. The van der Waals surface area contributed by atoms with Crippen molar-refractivity contribution >= 4 is 28.6 Å². The number of methoxy groups -OCH3 is 1. The number of nitrogens with zero attached hydrogens (tertiary/aromatic N) is 1. The first-order valence-electron chi connectivity index (χ1n) is 8.60. The van der Waals surface area contributed by atoms with E-state index >= 15 is 0 Å². The molecule has 3 aromatic rings. The molecular weight excluding hydrogens is 390 g/mol. The highest BCUT2D eigenvalue weighted by atomic mass is 32.1. The van der Waals surface area contributed by atoms with Crippen LogP contribution in [0.25, 0.3) is 5.57 Å². The Labute approximate surface area is 171 Å². The van der Waals surface area contributed by atoms with Crippen LogP contribution in [0.3, 0.4) is 0 Å². The molecule has 2 aromatic carbocycles. The van der Waals surface area contributed by atoms with E-state index in [0.29, 0.717) is 0 Å². The fourth-order valence-electron chi connectivity index (χ4n) is 2.53. The molecule has 0 saturated carbocycles. The molecule has 0 N–H and O–H groups in total. The lowest BCUT2D eigenvalue weighted by Gasteiger charge is -2.06. The second-order valence-corrected chi connectivity index (χ2v) is 6.77. The molecule has 0 spiro atoms. The van der Waals surface area contributed by atoms with Crippen molar-refractivity contribution in [2.45, 2.75) is 0 Å². The van der Waals surface area contributed by atoms with E-state index in [2.05, 4.69) is 0 Å². The maximum atomic E-state index is 12.0. The van der Waals surface area contributed by atoms with Crippen LogP contribution in [0, 0.1) is 10.1 Å². The van der Waals surface area contributed by atoms with E-state index in [0.717, 1.165) is 21.8 Å². The first-order chi connectivity index (χ1) is 14.1. The minimum absolute atomic E-state index is 0.0663. The number of rotatable bonds is 7. The molecule has 3 rings (SSSR count). The lowest BCUT2D eigenvalue weighted by atomic mass is 10.0. The molecule has 0 amide bonds. The molecule has 0 saturated heterocycles. The lowest BCUT2D eigenvalue weighted by Crippen LogP contribution is -2.03. The molecule has 0 radical (unpaired) electrons. The molecule has 146 valence electrons. The quantitative estimate of drug-likeness (QED) is 0.133. The number of benzene rings is 2. The van der Waals surface area contributed by atoms with Gasteiger partial charge in [0, 0.05) is 23.1 Å². The Morgan fingerprint density at radius 1 is 1.03 bits per heavy atom. The average Bonchev–Trinajstić information content (AvgIpc) is 3.26.